The van der Waals surface area contributed by atoms with Gasteiger partial charge in [0.15, 0.2) is 0 Å². The van der Waals surface area contributed by atoms with E-state index in [4.69, 9.17) is 5.73 Å². The molecule has 8 heteroatoms. The Hall–Kier alpha value is -2.45. The number of nitrogens with two attached hydrogens (primary N) is 1. The molecule has 4 N–H and O–H groups in total. The zero-order valence-corrected chi connectivity index (χ0v) is 14.0. The maximum Gasteiger partial charge on any atom is 0.264 e. The maximum absolute atomic E-state index is 12.1. The van der Waals surface area contributed by atoms with Crippen LogP contribution in [0.25, 0.3) is 0 Å². The topological polar surface area (TPSA) is 118 Å². The number of nitrogens with one attached hydrogen (secondary N) is 2. The van der Waals surface area contributed by atoms with E-state index in [0.717, 1.165) is 6.26 Å². The molecule has 0 aromatic heterocycles. The van der Waals surface area contributed by atoms with Crippen LogP contribution in [0, 0.1) is 0 Å². The van der Waals surface area contributed by atoms with E-state index in [1.807, 2.05) is 23.0 Å². The van der Waals surface area contributed by atoms with Crippen molar-refractivity contribution >= 4 is 27.5 Å². The first-order valence-corrected chi connectivity index (χ1v) is 9.11. The van der Waals surface area contributed by atoms with Crippen molar-refractivity contribution < 1.29 is 18.0 Å². The van der Waals surface area contributed by atoms with Crippen molar-refractivity contribution in [2.75, 3.05) is 11.6 Å². The number of benzene rings is 1. The molecule has 0 fully saturated rings. The number of sulfonamides is 1. The van der Waals surface area contributed by atoms with Crippen LogP contribution in [0.4, 0.5) is 5.69 Å². The van der Waals surface area contributed by atoms with Crippen LogP contribution in [-0.2, 0) is 14.8 Å². The normalized spacial score (nSPS) is 19.8. The number of hydrogen-bond acceptors (Lipinski definition) is 5. The van der Waals surface area contributed by atoms with E-state index in [1.54, 1.807) is 6.08 Å². The number of carbonyl (C=O) groups excluding carboxylic acids is 2. The predicted octanol–water partition coefficient (Wildman–Crippen LogP) is 0.918. The molecule has 0 saturated heterocycles. The summed E-state index contributed by atoms with van der Waals surface area (Å²) in [6, 6.07) is 5.90. The van der Waals surface area contributed by atoms with Crippen molar-refractivity contribution in [2.45, 2.75) is 18.4 Å². The van der Waals surface area contributed by atoms with Crippen LogP contribution < -0.4 is 15.8 Å². The van der Waals surface area contributed by atoms with E-state index >= 15 is 0 Å². The molecule has 2 amide bonds. The molecule has 1 aromatic rings. The van der Waals surface area contributed by atoms with E-state index in [9.17, 15) is 18.0 Å². The molecular formula is C16H19N3O4S. The smallest absolute Gasteiger partial charge is 0.264 e. The minimum atomic E-state index is -3.62. The van der Waals surface area contributed by atoms with Gasteiger partial charge in [0.2, 0.25) is 15.9 Å². The lowest BCUT2D eigenvalue weighted by Crippen LogP contribution is -2.41. The Morgan fingerprint density at radius 3 is 2.42 bits per heavy atom. The molecule has 0 bridgehead atoms. The maximum atomic E-state index is 12.1. The van der Waals surface area contributed by atoms with Crippen molar-refractivity contribution in [1.82, 2.24) is 4.72 Å². The van der Waals surface area contributed by atoms with E-state index in [0.29, 0.717) is 12.1 Å². The molecule has 2 rings (SSSR count). The molecule has 0 aliphatic heterocycles. The summed E-state index contributed by atoms with van der Waals surface area (Å²) in [5, 5.41) is 2.70. The number of anilines is 1. The Morgan fingerprint density at radius 2 is 1.88 bits per heavy atom. The minimum Gasteiger partial charge on any atom is -0.326 e. The lowest BCUT2D eigenvalue weighted by Gasteiger charge is -2.25. The Morgan fingerprint density at radius 1 is 1.21 bits per heavy atom. The Bertz CT molecular complexity index is 797. The third kappa shape index (κ3) is 5.32. The molecule has 0 heterocycles. The largest absolute Gasteiger partial charge is 0.326 e. The fraction of sp³-hybridized carbons (Fsp3) is 0.250. The van der Waals surface area contributed by atoms with Crippen LogP contribution in [-0.4, -0.2) is 32.0 Å². The molecule has 1 atom stereocenters. The van der Waals surface area contributed by atoms with Gasteiger partial charge in [-0.3, -0.25) is 9.59 Å². The first kappa shape index (κ1) is 17.9. The second-order valence-electron chi connectivity index (χ2n) is 5.73. The van der Waals surface area contributed by atoms with Crippen molar-refractivity contribution in [3.63, 3.8) is 0 Å². The number of rotatable bonds is 5. The van der Waals surface area contributed by atoms with Gasteiger partial charge in [0, 0.05) is 23.2 Å². The summed E-state index contributed by atoms with van der Waals surface area (Å²) in [5.41, 5.74) is 6.10. The fourth-order valence-electron chi connectivity index (χ4n) is 2.25. The van der Waals surface area contributed by atoms with Crippen LogP contribution >= 0.6 is 0 Å². The average molecular weight is 349 g/mol. The van der Waals surface area contributed by atoms with Crippen molar-refractivity contribution in [3.8, 4) is 0 Å². The summed E-state index contributed by atoms with van der Waals surface area (Å²) in [7, 11) is -3.62. The number of hydrogen-bond donors (Lipinski definition) is 3. The summed E-state index contributed by atoms with van der Waals surface area (Å²) < 4.78 is 23.9. The zero-order valence-electron chi connectivity index (χ0n) is 13.2. The first-order chi connectivity index (χ1) is 11.2. The van der Waals surface area contributed by atoms with E-state index in [2.05, 4.69) is 5.32 Å². The van der Waals surface area contributed by atoms with Gasteiger partial charge < -0.3 is 11.1 Å². The van der Waals surface area contributed by atoms with Gasteiger partial charge in [0.1, 0.15) is 0 Å². The Balaban J connectivity index is 1.96. The summed E-state index contributed by atoms with van der Waals surface area (Å²) >= 11 is 0. The molecular weight excluding hydrogens is 330 g/mol. The molecule has 7 nitrogen and oxygen atoms in total. The second-order valence-corrected chi connectivity index (χ2v) is 7.48. The van der Waals surface area contributed by atoms with Crippen molar-refractivity contribution in [2.24, 2.45) is 5.73 Å². The van der Waals surface area contributed by atoms with E-state index in [1.165, 1.54) is 24.3 Å². The molecule has 1 aromatic carbocycles. The van der Waals surface area contributed by atoms with E-state index in [-0.39, 0.29) is 17.9 Å². The standard InChI is InChI=1S/C16H19N3O4S/c1-24(22,23)19-15(21)12-5-7-13(8-6-12)18-14(20)11-16(17)9-3-2-4-10-16/h2-9H,10-11,17H2,1H3,(H,18,20)(H,19,21)/t16-/m0/s1. The van der Waals surface area contributed by atoms with Gasteiger partial charge in [0.25, 0.3) is 5.91 Å². The zero-order chi connectivity index (χ0) is 17.8. The van der Waals surface area contributed by atoms with Crippen LogP contribution in [0.3, 0.4) is 0 Å². The van der Waals surface area contributed by atoms with Gasteiger partial charge in [-0.15, -0.1) is 0 Å². The number of carbonyl (C=O) groups is 2. The number of allylic oxidation sites excluding steroid dienone is 2. The Kier molecular flexibility index (Phi) is 5.20. The quantitative estimate of drug-likeness (QED) is 0.730. The average Bonchev–Trinajstić information content (AvgIpc) is 2.46. The molecule has 1 aliphatic rings. The van der Waals surface area contributed by atoms with Crippen LogP contribution in [0.15, 0.2) is 48.6 Å². The fourth-order valence-corrected chi connectivity index (χ4v) is 2.70. The Labute approximate surface area is 140 Å². The minimum absolute atomic E-state index is 0.129. The molecule has 24 heavy (non-hydrogen) atoms. The molecule has 0 saturated carbocycles. The second kappa shape index (κ2) is 6.98. The van der Waals surface area contributed by atoms with Gasteiger partial charge in [-0.1, -0.05) is 24.3 Å². The van der Waals surface area contributed by atoms with Gasteiger partial charge >= 0.3 is 0 Å². The number of amides is 2. The summed E-state index contributed by atoms with van der Waals surface area (Å²) in [5.74, 6) is -0.971. The molecule has 1 aliphatic carbocycles. The third-order valence-corrected chi connectivity index (χ3v) is 3.93. The SMILES string of the molecule is CS(=O)(=O)NC(=O)c1ccc(NC(=O)C[C@]2(N)C=CC=CC2)cc1. The van der Waals surface area contributed by atoms with Crippen LogP contribution in [0.5, 0.6) is 0 Å². The van der Waals surface area contributed by atoms with Crippen molar-refractivity contribution in [3.05, 3.63) is 54.1 Å². The lowest BCUT2D eigenvalue weighted by molar-refractivity contribution is -0.117. The van der Waals surface area contributed by atoms with Crippen molar-refractivity contribution in [1.29, 1.82) is 0 Å². The van der Waals surface area contributed by atoms with Gasteiger partial charge in [-0.2, -0.15) is 0 Å². The van der Waals surface area contributed by atoms with Crippen LogP contribution in [0.2, 0.25) is 0 Å². The molecule has 128 valence electrons. The summed E-state index contributed by atoms with van der Waals surface area (Å²) in [6.07, 6.45) is 9.01. The molecule has 0 unspecified atom stereocenters. The monoisotopic (exact) mass is 349 g/mol. The highest BCUT2D eigenvalue weighted by Gasteiger charge is 2.25. The van der Waals surface area contributed by atoms with Gasteiger partial charge in [-0.25, -0.2) is 13.1 Å². The molecule has 0 radical (unpaired) electrons. The van der Waals surface area contributed by atoms with Gasteiger partial charge in [0.05, 0.1) is 6.26 Å². The third-order valence-electron chi connectivity index (χ3n) is 3.37. The van der Waals surface area contributed by atoms with E-state index < -0.39 is 21.5 Å². The predicted molar refractivity (Wildman–Crippen MR) is 91.8 cm³/mol. The highest BCUT2D eigenvalue weighted by Crippen LogP contribution is 2.20. The lowest BCUT2D eigenvalue weighted by atomic mass is 9.89. The highest BCUT2D eigenvalue weighted by atomic mass is 32.2. The molecule has 0 spiro atoms. The summed E-state index contributed by atoms with van der Waals surface area (Å²) in [6.45, 7) is 0. The highest BCUT2D eigenvalue weighted by molar-refractivity contribution is 7.89. The van der Waals surface area contributed by atoms with Gasteiger partial charge in [-0.05, 0) is 30.7 Å². The summed E-state index contributed by atoms with van der Waals surface area (Å²) in [4.78, 5) is 23.8. The first-order valence-electron chi connectivity index (χ1n) is 7.22. The van der Waals surface area contributed by atoms with Crippen LogP contribution in [0.1, 0.15) is 23.2 Å².